The lowest BCUT2D eigenvalue weighted by Gasteiger charge is -2.13. The van der Waals surface area contributed by atoms with Gasteiger partial charge in [-0.1, -0.05) is 13.3 Å². The van der Waals surface area contributed by atoms with Crippen molar-refractivity contribution in [1.29, 1.82) is 0 Å². The van der Waals surface area contributed by atoms with Crippen LogP contribution in [0.1, 0.15) is 38.1 Å². The molecule has 0 aliphatic rings. The second-order valence-corrected chi connectivity index (χ2v) is 4.50. The number of nitrogen functional groups attached to an aromatic ring is 1. The zero-order valence-electron chi connectivity index (χ0n) is 11.1. The van der Waals surface area contributed by atoms with Gasteiger partial charge in [0, 0.05) is 6.04 Å². The summed E-state index contributed by atoms with van der Waals surface area (Å²) in [6.07, 6.45) is 2.05. The molecular weight excluding hydrogens is 216 g/mol. The molecule has 1 amide bonds. The van der Waals surface area contributed by atoms with E-state index in [2.05, 4.69) is 17.3 Å². The van der Waals surface area contributed by atoms with E-state index in [-0.39, 0.29) is 18.5 Å². The number of amides is 1. The summed E-state index contributed by atoms with van der Waals surface area (Å²) in [6.45, 7) is 8.06. The van der Waals surface area contributed by atoms with E-state index in [1.165, 1.54) is 0 Å². The average molecular weight is 238 g/mol. The molecule has 1 heterocycles. The number of anilines is 1. The molecule has 0 aliphatic carbocycles. The van der Waals surface area contributed by atoms with Gasteiger partial charge in [0.15, 0.2) is 0 Å². The van der Waals surface area contributed by atoms with Crippen LogP contribution in [0.15, 0.2) is 0 Å². The van der Waals surface area contributed by atoms with E-state index in [4.69, 9.17) is 5.73 Å². The Morgan fingerprint density at radius 2 is 2.18 bits per heavy atom. The summed E-state index contributed by atoms with van der Waals surface area (Å²) in [5, 5.41) is 7.18. The molecule has 0 saturated carbocycles. The number of rotatable bonds is 5. The van der Waals surface area contributed by atoms with Crippen LogP contribution in [0.4, 0.5) is 5.69 Å². The summed E-state index contributed by atoms with van der Waals surface area (Å²) in [6, 6.07) is 0.210. The fourth-order valence-electron chi connectivity index (χ4n) is 1.83. The van der Waals surface area contributed by atoms with Crippen molar-refractivity contribution in [3.63, 3.8) is 0 Å². The molecule has 1 unspecified atom stereocenters. The molecule has 5 nitrogen and oxygen atoms in total. The van der Waals surface area contributed by atoms with Crippen LogP contribution in [0.5, 0.6) is 0 Å². The van der Waals surface area contributed by atoms with Gasteiger partial charge in [-0.25, -0.2) is 0 Å². The van der Waals surface area contributed by atoms with Crippen molar-refractivity contribution >= 4 is 11.6 Å². The predicted octanol–water partition coefficient (Wildman–Crippen LogP) is 1.39. The van der Waals surface area contributed by atoms with Gasteiger partial charge in [0.25, 0.3) is 0 Å². The quantitative estimate of drug-likeness (QED) is 0.814. The number of hydrogen-bond acceptors (Lipinski definition) is 3. The number of nitrogens with one attached hydrogen (secondary N) is 1. The molecule has 0 aliphatic heterocycles. The zero-order valence-corrected chi connectivity index (χ0v) is 11.1. The van der Waals surface area contributed by atoms with Crippen LogP contribution in [-0.4, -0.2) is 21.7 Å². The van der Waals surface area contributed by atoms with Crippen molar-refractivity contribution < 1.29 is 4.79 Å². The molecule has 0 spiro atoms. The Kier molecular flexibility index (Phi) is 4.54. The lowest BCUT2D eigenvalue weighted by atomic mass is 10.2. The molecule has 0 fully saturated rings. The number of nitrogens with zero attached hydrogens (tertiary/aromatic N) is 2. The number of carbonyl (C=O) groups is 1. The van der Waals surface area contributed by atoms with Crippen molar-refractivity contribution in [3.8, 4) is 0 Å². The van der Waals surface area contributed by atoms with E-state index in [9.17, 15) is 4.79 Å². The number of nitrogens with two attached hydrogens (primary N) is 1. The van der Waals surface area contributed by atoms with E-state index in [1.807, 2.05) is 20.8 Å². The highest BCUT2D eigenvalue weighted by Crippen LogP contribution is 2.14. The Morgan fingerprint density at radius 1 is 1.53 bits per heavy atom. The third kappa shape index (κ3) is 3.47. The lowest BCUT2D eigenvalue weighted by Crippen LogP contribution is -2.35. The van der Waals surface area contributed by atoms with Crippen molar-refractivity contribution in [1.82, 2.24) is 15.1 Å². The molecule has 3 N–H and O–H groups in total. The molecule has 1 aromatic rings. The maximum Gasteiger partial charge on any atom is 0.241 e. The first-order valence-electron chi connectivity index (χ1n) is 6.04. The van der Waals surface area contributed by atoms with E-state index >= 15 is 0 Å². The summed E-state index contributed by atoms with van der Waals surface area (Å²) in [5.41, 5.74) is 8.10. The van der Waals surface area contributed by atoms with Crippen LogP contribution in [0, 0.1) is 13.8 Å². The molecule has 96 valence electrons. The molecule has 17 heavy (non-hydrogen) atoms. The molecule has 1 atom stereocenters. The molecule has 1 aromatic heterocycles. The largest absolute Gasteiger partial charge is 0.396 e. The fourth-order valence-corrected chi connectivity index (χ4v) is 1.83. The Hall–Kier alpha value is -1.52. The summed E-state index contributed by atoms with van der Waals surface area (Å²) < 4.78 is 1.65. The Balaban J connectivity index is 2.59. The molecular formula is C12H22N4O. The van der Waals surface area contributed by atoms with E-state index in [0.29, 0.717) is 5.69 Å². The molecule has 0 radical (unpaired) electrons. The van der Waals surface area contributed by atoms with Crippen molar-refractivity contribution in [2.24, 2.45) is 0 Å². The van der Waals surface area contributed by atoms with Gasteiger partial charge in [-0.3, -0.25) is 9.48 Å². The standard InChI is InChI=1S/C12H22N4O/c1-5-6-8(2)14-11(17)7-16-10(4)12(13)9(3)15-16/h8H,5-7,13H2,1-4H3,(H,14,17). The van der Waals surface area contributed by atoms with Crippen molar-refractivity contribution in [2.45, 2.75) is 53.1 Å². The average Bonchev–Trinajstić information content (AvgIpc) is 2.46. The first kappa shape index (κ1) is 13.5. The minimum atomic E-state index is -0.0171. The highest BCUT2D eigenvalue weighted by molar-refractivity contribution is 5.76. The normalized spacial score (nSPS) is 12.5. The third-order valence-corrected chi connectivity index (χ3v) is 2.86. The topological polar surface area (TPSA) is 72.9 Å². The molecule has 5 heteroatoms. The number of hydrogen-bond donors (Lipinski definition) is 2. The van der Waals surface area contributed by atoms with Gasteiger partial charge in [0.1, 0.15) is 6.54 Å². The smallest absolute Gasteiger partial charge is 0.241 e. The van der Waals surface area contributed by atoms with E-state index in [1.54, 1.807) is 4.68 Å². The van der Waals surface area contributed by atoms with Crippen LogP contribution in [0.2, 0.25) is 0 Å². The maximum atomic E-state index is 11.8. The SMILES string of the molecule is CCCC(C)NC(=O)Cn1nc(C)c(N)c1C. The van der Waals surface area contributed by atoms with E-state index < -0.39 is 0 Å². The van der Waals surface area contributed by atoms with Gasteiger partial charge < -0.3 is 11.1 Å². The van der Waals surface area contributed by atoms with Crippen molar-refractivity contribution in [2.75, 3.05) is 5.73 Å². The third-order valence-electron chi connectivity index (χ3n) is 2.86. The van der Waals surface area contributed by atoms with Crippen LogP contribution in [0.3, 0.4) is 0 Å². The van der Waals surface area contributed by atoms with Crippen molar-refractivity contribution in [3.05, 3.63) is 11.4 Å². The first-order chi connectivity index (χ1) is 7.95. The fraction of sp³-hybridized carbons (Fsp3) is 0.667. The molecule has 0 bridgehead atoms. The second-order valence-electron chi connectivity index (χ2n) is 4.50. The summed E-state index contributed by atoms with van der Waals surface area (Å²) in [4.78, 5) is 11.8. The van der Waals surface area contributed by atoms with Gasteiger partial charge in [-0.05, 0) is 27.2 Å². The Morgan fingerprint density at radius 3 is 2.65 bits per heavy atom. The number of carbonyl (C=O) groups excluding carboxylic acids is 1. The summed E-state index contributed by atoms with van der Waals surface area (Å²) >= 11 is 0. The molecule has 0 saturated heterocycles. The minimum Gasteiger partial charge on any atom is -0.396 e. The van der Waals surface area contributed by atoms with E-state index in [0.717, 1.165) is 24.2 Å². The van der Waals surface area contributed by atoms with Crippen LogP contribution in [-0.2, 0) is 11.3 Å². The lowest BCUT2D eigenvalue weighted by molar-refractivity contribution is -0.122. The van der Waals surface area contributed by atoms with Crippen LogP contribution in [0.25, 0.3) is 0 Å². The Bertz CT molecular complexity index is 397. The molecule has 1 rings (SSSR count). The predicted molar refractivity (Wildman–Crippen MR) is 68.6 cm³/mol. The summed E-state index contributed by atoms with van der Waals surface area (Å²) in [7, 11) is 0. The van der Waals surface area contributed by atoms with Crippen LogP contribution < -0.4 is 11.1 Å². The van der Waals surface area contributed by atoms with Gasteiger partial charge in [-0.15, -0.1) is 0 Å². The van der Waals surface area contributed by atoms with Crippen LogP contribution >= 0.6 is 0 Å². The minimum absolute atomic E-state index is 0.0171. The Labute approximate surface area is 102 Å². The van der Waals surface area contributed by atoms with Gasteiger partial charge in [-0.2, -0.15) is 5.10 Å². The zero-order chi connectivity index (χ0) is 13.0. The number of aryl methyl sites for hydroxylation is 1. The van der Waals surface area contributed by atoms with Gasteiger partial charge in [0.2, 0.25) is 5.91 Å². The second kappa shape index (κ2) is 5.70. The van der Waals surface area contributed by atoms with Gasteiger partial charge >= 0.3 is 0 Å². The molecule has 0 aromatic carbocycles. The highest BCUT2D eigenvalue weighted by Gasteiger charge is 2.12. The monoisotopic (exact) mass is 238 g/mol. The summed E-state index contributed by atoms with van der Waals surface area (Å²) in [5.74, 6) is -0.0171. The van der Waals surface area contributed by atoms with Gasteiger partial charge in [0.05, 0.1) is 17.1 Å². The highest BCUT2D eigenvalue weighted by atomic mass is 16.2. The number of aromatic nitrogens is 2. The first-order valence-corrected chi connectivity index (χ1v) is 6.04. The maximum absolute atomic E-state index is 11.8.